The summed E-state index contributed by atoms with van der Waals surface area (Å²) in [5.74, 6) is -62.5. The topological polar surface area (TPSA) is 29.5 Å². The number of hydrogen-bond acceptors (Lipinski definition) is 2. The van der Waals surface area contributed by atoms with E-state index in [0.29, 0.717) is 6.92 Å². The monoisotopic (exact) mass is 508 g/mol. The fourth-order valence-corrected chi connectivity index (χ4v) is 1.83. The van der Waals surface area contributed by atoms with Crippen LogP contribution in [0.3, 0.4) is 0 Å². The van der Waals surface area contributed by atoms with Crippen LogP contribution in [-0.4, -0.2) is 65.1 Å². The molecule has 0 aliphatic carbocycles. The summed E-state index contributed by atoms with van der Waals surface area (Å²) in [5.41, 5.74) is 0. The first-order valence-electron chi connectivity index (χ1n) is 7.14. The highest BCUT2D eigenvalue weighted by Crippen LogP contribution is 2.64. The van der Waals surface area contributed by atoms with Crippen molar-refractivity contribution in [1.82, 2.24) is 0 Å². The first kappa shape index (κ1) is 29.7. The zero-order chi connectivity index (χ0) is 25.9. The molecule has 0 amide bonds. The second-order valence-corrected chi connectivity index (χ2v) is 5.93. The summed E-state index contributed by atoms with van der Waals surface area (Å²) in [4.78, 5) is 0. The van der Waals surface area contributed by atoms with Crippen LogP contribution in [0.5, 0.6) is 0 Å². The SMILES string of the molecule is CCOC(C)(O)C(F)(F)C(F)(F)C(F)(F)C(F)(F)C(F)(F)C(F)(F)C(F)(F)C(F)(F)F. The molecule has 1 unspecified atom stereocenters. The summed E-state index contributed by atoms with van der Waals surface area (Å²) < 4.78 is 225. The molecule has 0 radical (unpaired) electrons. The van der Waals surface area contributed by atoms with Gasteiger partial charge in [0.15, 0.2) is 0 Å². The molecule has 0 saturated carbocycles. The molecule has 188 valence electrons. The predicted octanol–water partition coefficient (Wildman–Crippen LogP) is 5.74. The van der Waals surface area contributed by atoms with Gasteiger partial charge >= 0.3 is 47.6 Å². The van der Waals surface area contributed by atoms with E-state index >= 15 is 0 Å². The Morgan fingerprint density at radius 2 is 0.710 bits per heavy atom. The van der Waals surface area contributed by atoms with Gasteiger partial charge in [0.25, 0.3) is 0 Å². The van der Waals surface area contributed by atoms with Crippen molar-refractivity contribution < 1.29 is 84.5 Å². The highest BCUT2D eigenvalue weighted by Gasteiger charge is 2.96. The number of alkyl halides is 17. The molecule has 1 atom stereocenters. The van der Waals surface area contributed by atoms with Crippen molar-refractivity contribution in [3.8, 4) is 0 Å². The first-order chi connectivity index (χ1) is 13.1. The lowest BCUT2D eigenvalue weighted by Crippen LogP contribution is -2.76. The summed E-state index contributed by atoms with van der Waals surface area (Å²) in [7, 11) is 0. The fraction of sp³-hybridized carbons (Fsp3) is 1.00. The largest absolute Gasteiger partial charge is 0.460 e. The van der Waals surface area contributed by atoms with Gasteiger partial charge < -0.3 is 9.84 Å². The molecule has 0 aromatic rings. The molecular weight excluding hydrogens is 499 g/mol. The molecule has 2 nitrogen and oxygen atoms in total. The van der Waals surface area contributed by atoms with Gasteiger partial charge in [0.2, 0.25) is 5.79 Å². The maximum atomic E-state index is 13.6. The highest BCUT2D eigenvalue weighted by molar-refractivity contribution is 5.16. The number of halogens is 17. The maximum absolute atomic E-state index is 13.6. The van der Waals surface area contributed by atoms with Crippen LogP contribution in [0.1, 0.15) is 13.8 Å². The van der Waals surface area contributed by atoms with Crippen molar-refractivity contribution in [1.29, 1.82) is 0 Å². The second kappa shape index (κ2) is 7.38. The number of hydrogen-bond donors (Lipinski definition) is 1. The van der Waals surface area contributed by atoms with Crippen molar-refractivity contribution in [2.24, 2.45) is 0 Å². The molecule has 0 aliphatic heterocycles. The molecule has 0 heterocycles. The van der Waals surface area contributed by atoms with Crippen LogP contribution in [0.15, 0.2) is 0 Å². The van der Waals surface area contributed by atoms with E-state index in [1.807, 2.05) is 0 Å². The average Bonchev–Trinajstić information content (AvgIpc) is 2.52. The van der Waals surface area contributed by atoms with Gasteiger partial charge in [-0.1, -0.05) is 0 Å². The van der Waals surface area contributed by atoms with Gasteiger partial charge in [-0.3, -0.25) is 0 Å². The minimum Gasteiger partial charge on any atom is -0.361 e. The molecule has 0 bridgehead atoms. The Bertz CT molecular complexity index is 648. The van der Waals surface area contributed by atoms with Gasteiger partial charge in [-0.2, -0.15) is 74.6 Å². The zero-order valence-electron chi connectivity index (χ0n) is 14.5. The molecule has 19 heteroatoms. The van der Waals surface area contributed by atoms with Crippen molar-refractivity contribution in [3.05, 3.63) is 0 Å². The molecule has 0 aromatic carbocycles. The summed E-state index contributed by atoms with van der Waals surface area (Å²) in [5, 5.41) is 8.97. The van der Waals surface area contributed by atoms with Crippen LogP contribution < -0.4 is 0 Å². The van der Waals surface area contributed by atoms with E-state index in [1.165, 1.54) is 0 Å². The molecule has 0 aromatic heterocycles. The minimum absolute atomic E-state index is 0.580. The Hall–Kier alpha value is -1.27. The molecule has 0 rings (SSSR count). The van der Waals surface area contributed by atoms with E-state index in [1.54, 1.807) is 0 Å². The van der Waals surface area contributed by atoms with E-state index in [9.17, 15) is 74.6 Å². The number of rotatable bonds is 9. The molecule has 0 spiro atoms. The van der Waals surface area contributed by atoms with E-state index in [2.05, 4.69) is 4.74 Å². The Morgan fingerprint density at radius 1 is 0.484 bits per heavy atom. The van der Waals surface area contributed by atoms with Gasteiger partial charge in [0.05, 0.1) is 0 Å². The Balaban J connectivity index is 6.84. The third-order valence-corrected chi connectivity index (χ3v) is 3.73. The summed E-state index contributed by atoms with van der Waals surface area (Å²) in [6.45, 7) is -1.20. The van der Waals surface area contributed by atoms with Gasteiger partial charge in [0, 0.05) is 6.61 Å². The number of aliphatic hydroxyl groups is 1. The van der Waals surface area contributed by atoms with Crippen molar-refractivity contribution >= 4 is 0 Å². The van der Waals surface area contributed by atoms with E-state index < -0.39 is 67.0 Å². The van der Waals surface area contributed by atoms with Gasteiger partial charge in [-0.05, 0) is 13.8 Å². The molecule has 0 aliphatic rings. The molecule has 0 fully saturated rings. The van der Waals surface area contributed by atoms with Crippen LogP contribution in [-0.2, 0) is 4.74 Å². The Morgan fingerprint density at radius 3 is 0.935 bits per heavy atom. The number of ether oxygens (including phenoxy) is 1. The van der Waals surface area contributed by atoms with Gasteiger partial charge in [-0.15, -0.1) is 0 Å². The predicted molar refractivity (Wildman–Crippen MR) is 62.9 cm³/mol. The lowest BCUT2D eigenvalue weighted by Gasteiger charge is -2.44. The smallest absolute Gasteiger partial charge is 0.361 e. The minimum atomic E-state index is -8.71. The van der Waals surface area contributed by atoms with Gasteiger partial charge in [0.1, 0.15) is 0 Å². The highest BCUT2D eigenvalue weighted by atomic mass is 19.4. The Labute approximate surface area is 159 Å². The maximum Gasteiger partial charge on any atom is 0.460 e. The second-order valence-electron chi connectivity index (χ2n) is 5.93. The van der Waals surface area contributed by atoms with Crippen molar-refractivity contribution in [3.63, 3.8) is 0 Å². The molecule has 31 heavy (non-hydrogen) atoms. The standard InChI is InChI=1S/C12H9F17O2/c1-3-31-4(2,30)5(13,14)6(15,16)7(17,18)8(19,20)9(21,22)10(23,24)11(25,26)12(27,28)29/h30H,3H2,1-2H3. The van der Waals surface area contributed by atoms with Crippen molar-refractivity contribution in [2.45, 2.75) is 67.3 Å². The first-order valence-corrected chi connectivity index (χ1v) is 7.14. The Kier molecular flexibility index (Phi) is 7.07. The molecular formula is C12H9F17O2. The summed E-state index contributed by atoms with van der Waals surface area (Å²) in [6, 6.07) is 0. The molecule has 0 saturated heterocycles. The van der Waals surface area contributed by atoms with E-state index in [4.69, 9.17) is 5.11 Å². The average molecular weight is 508 g/mol. The lowest BCUT2D eigenvalue weighted by atomic mass is 9.87. The summed E-state index contributed by atoms with van der Waals surface area (Å²) >= 11 is 0. The lowest BCUT2D eigenvalue weighted by molar-refractivity contribution is -0.475. The van der Waals surface area contributed by atoms with Crippen LogP contribution in [0.2, 0.25) is 0 Å². The van der Waals surface area contributed by atoms with Gasteiger partial charge in [-0.25, -0.2) is 0 Å². The van der Waals surface area contributed by atoms with E-state index in [-0.39, 0.29) is 0 Å². The van der Waals surface area contributed by atoms with E-state index in [0.717, 1.165) is 0 Å². The van der Waals surface area contributed by atoms with Crippen LogP contribution >= 0.6 is 0 Å². The van der Waals surface area contributed by atoms with Crippen LogP contribution in [0.25, 0.3) is 0 Å². The normalized spacial score (nSPS) is 18.2. The third kappa shape index (κ3) is 3.68. The summed E-state index contributed by atoms with van der Waals surface area (Å²) in [6.07, 6.45) is -7.81. The van der Waals surface area contributed by atoms with Crippen LogP contribution in [0, 0.1) is 0 Å². The third-order valence-electron chi connectivity index (χ3n) is 3.73. The fourth-order valence-electron chi connectivity index (χ4n) is 1.83. The quantitative estimate of drug-likeness (QED) is 0.318. The van der Waals surface area contributed by atoms with Crippen molar-refractivity contribution in [2.75, 3.05) is 6.61 Å². The molecule has 1 N–H and O–H groups in total. The van der Waals surface area contributed by atoms with Crippen LogP contribution in [0.4, 0.5) is 74.6 Å². The zero-order valence-corrected chi connectivity index (χ0v) is 14.5.